The molecule has 2 aliphatic rings. The van der Waals surface area contributed by atoms with Crippen molar-refractivity contribution in [3.05, 3.63) is 24.3 Å². The zero-order chi connectivity index (χ0) is 45.3. The number of amides is 4. The molecule has 2 atom stereocenters. The van der Waals surface area contributed by atoms with Crippen LogP contribution in [0.25, 0.3) is 0 Å². The Hall–Kier alpha value is -2.36. The van der Waals surface area contributed by atoms with Crippen molar-refractivity contribution in [2.75, 3.05) is 52.4 Å². The van der Waals surface area contributed by atoms with E-state index in [0.717, 1.165) is 64.7 Å². The fourth-order valence-corrected chi connectivity index (χ4v) is 9.16. The van der Waals surface area contributed by atoms with Crippen LogP contribution < -0.4 is 16.0 Å². The molecule has 0 aliphatic carbocycles. The van der Waals surface area contributed by atoms with Gasteiger partial charge in [-0.3, -0.25) is 29.0 Å². The maximum absolute atomic E-state index is 12.9. The van der Waals surface area contributed by atoms with E-state index in [0.29, 0.717) is 39.0 Å². The molecule has 2 aliphatic heterocycles. The van der Waals surface area contributed by atoms with Gasteiger partial charge in [-0.05, 0) is 64.2 Å². The fraction of sp³-hybridized carbons (Fsp3) is 0.852. The molecule has 2 rings (SSSR count). The smallest absolute Gasteiger partial charge is 0.232 e. The lowest BCUT2D eigenvalue weighted by atomic mass is 9.98. The Labute approximate surface area is 388 Å². The van der Waals surface area contributed by atoms with Gasteiger partial charge in [0.1, 0.15) is 0 Å². The molecule has 0 aromatic heterocycles. The summed E-state index contributed by atoms with van der Waals surface area (Å²) in [5.74, 6) is -0.263. The molecule has 0 spiro atoms. The van der Waals surface area contributed by atoms with Gasteiger partial charge in [-0.2, -0.15) is 0 Å². The molecule has 3 N–H and O–H groups in total. The third-order valence-corrected chi connectivity index (χ3v) is 13.3. The number of likely N-dealkylation sites (tertiary alicyclic amines) is 2. The van der Waals surface area contributed by atoms with Crippen molar-refractivity contribution in [2.45, 2.75) is 232 Å². The zero-order valence-electron chi connectivity index (χ0n) is 41.2. The monoisotopic (exact) mass is 882 g/mol. The van der Waals surface area contributed by atoms with Crippen molar-refractivity contribution in [1.29, 1.82) is 0 Å². The lowest BCUT2D eigenvalue weighted by molar-refractivity contribution is -0.140. The summed E-state index contributed by atoms with van der Waals surface area (Å²) in [6, 6.07) is 0. The van der Waals surface area contributed by atoms with Crippen molar-refractivity contribution >= 4 is 23.6 Å². The third-order valence-electron chi connectivity index (χ3n) is 13.3. The lowest BCUT2D eigenvalue weighted by Crippen LogP contribution is -2.40. The van der Waals surface area contributed by atoms with Gasteiger partial charge >= 0.3 is 0 Å². The Kier molecular flexibility index (Phi) is 37.0. The molecule has 4 amide bonds. The van der Waals surface area contributed by atoms with Crippen LogP contribution in [0.1, 0.15) is 232 Å². The van der Waals surface area contributed by atoms with E-state index in [-0.39, 0.29) is 35.5 Å². The lowest BCUT2D eigenvalue weighted by Gasteiger charge is -2.16. The van der Waals surface area contributed by atoms with Crippen molar-refractivity contribution < 1.29 is 19.2 Å². The van der Waals surface area contributed by atoms with Crippen LogP contribution in [0, 0.1) is 11.8 Å². The first-order valence-corrected chi connectivity index (χ1v) is 27.1. The molecular formula is C54H99N5O4. The minimum atomic E-state index is -0.133. The SMILES string of the molecule is CCCCCCC=CCCCCCCCCCCC1CC(=O)N(CCNCCNCCNCCN2C(=O)CC(CCCCCCCC=CCCCCCCCCCCC)C2=O)C1=O. The normalized spacial score (nSPS) is 17.0. The summed E-state index contributed by atoms with van der Waals surface area (Å²) in [4.78, 5) is 53.9. The number of imide groups is 2. The summed E-state index contributed by atoms with van der Waals surface area (Å²) < 4.78 is 0. The molecule has 0 saturated carbocycles. The van der Waals surface area contributed by atoms with Gasteiger partial charge in [-0.15, -0.1) is 0 Å². The van der Waals surface area contributed by atoms with Gasteiger partial charge in [0.25, 0.3) is 0 Å². The highest BCUT2D eigenvalue weighted by Crippen LogP contribution is 2.26. The number of hydrogen-bond acceptors (Lipinski definition) is 7. The van der Waals surface area contributed by atoms with Crippen LogP contribution in [0.4, 0.5) is 0 Å². The average molecular weight is 882 g/mol. The Morgan fingerprint density at radius 1 is 0.381 bits per heavy atom. The third kappa shape index (κ3) is 29.7. The summed E-state index contributed by atoms with van der Waals surface area (Å²) in [7, 11) is 0. The molecule has 2 saturated heterocycles. The van der Waals surface area contributed by atoms with E-state index >= 15 is 0 Å². The fourth-order valence-electron chi connectivity index (χ4n) is 9.16. The molecule has 63 heavy (non-hydrogen) atoms. The Morgan fingerprint density at radius 3 is 0.984 bits per heavy atom. The molecular weight excluding hydrogens is 783 g/mol. The van der Waals surface area contributed by atoms with Crippen LogP contribution in [-0.4, -0.2) is 85.8 Å². The molecule has 0 aromatic carbocycles. The summed E-state index contributed by atoms with van der Waals surface area (Å²) in [5, 5.41) is 10.1. The maximum atomic E-state index is 12.9. The van der Waals surface area contributed by atoms with Gasteiger partial charge < -0.3 is 16.0 Å². The highest BCUT2D eigenvalue weighted by molar-refractivity contribution is 6.04. The summed E-state index contributed by atoms with van der Waals surface area (Å²) in [6.07, 6.45) is 50.4. The second-order valence-corrected chi connectivity index (χ2v) is 19.0. The molecule has 0 bridgehead atoms. The van der Waals surface area contributed by atoms with E-state index in [2.05, 4.69) is 54.1 Å². The molecule has 2 fully saturated rings. The number of hydrogen-bond donors (Lipinski definition) is 3. The molecule has 9 heteroatoms. The van der Waals surface area contributed by atoms with Crippen LogP contribution in [0.5, 0.6) is 0 Å². The van der Waals surface area contributed by atoms with E-state index in [1.807, 2.05) is 0 Å². The predicted molar refractivity (Wildman–Crippen MR) is 266 cm³/mol. The van der Waals surface area contributed by atoms with Crippen molar-refractivity contribution in [2.24, 2.45) is 11.8 Å². The van der Waals surface area contributed by atoms with E-state index in [1.54, 1.807) is 0 Å². The van der Waals surface area contributed by atoms with E-state index in [1.165, 1.54) is 177 Å². The van der Waals surface area contributed by atoms with Crippen LogP contribution in [0.2, 0.25) is 0 Å². The second-order valence-electron chi connectivity index (χ2n) is 19.0. The first-order chi connectivity index (χ1) is 31.0. The van der Waals surface area contributed by atoms with Crippen LogP contribution in [0.15, 0.2) is 24.3 Å². The molecule has 2 heterocycles. The van der Waals surface area contributed by atoms with E-state index in [4.69, 9.17) is 0 Å². The molecule has 364 valence electrons. The highest BCUT2D eigenvalue weighted by atomic mass is 16.2. The maximum Gasteiger partial charge on any atom is 0.232 e. The Morgan fingerprint density at radius 2 is 0.651 bits per heavy atom. The number of nitrogens with one attached hydrogen (secondary N) is 3. The second kappa shape index (κ2) is 41.1. The summed E-state index contributed by atoms with van der Waals surface area (Å²) in [5.41, 5.74) is 0. The van der Waals surface area contributed by atoms with Crippen molar-refractivity contribution in [1.82, 2.24) is 25.8 Å². The van der Waals surface area contributed by atoms with Crippen LogP contribution >= 0.6 is 0 Å². The number of nitrogens with zero attached hydrogens (tertiary/aromatic N) is 2. The first-order valence-electron chi connectivity index (χ1n) is 27.1. The number of allylic oxidation sites excluding steroid dienone is 4. The molecule has 2 unspecified atom stereocenters. The Bertz CT molecular complexity index is 1210. The average Bonchev–Trinajstić information content (AvgIpc) is 3.71. The standard InChI is InChI=1S/C54H99N5O4/c1-3-5-7-9-11-13-15-17-19-21-22-24-26-28-30-32-34-36-38-50-48-52(61)59(54(50)63)46-44-57-42-40-55-39-41-56-43-45-58-51(60)47-49(53(58)62)37-35-33-31-29-27-25-23-20-18-16-14-12-10-8-6-4-2/h14,16,22,24,49-50,55-57H,3-13,15,17-21,23,25-48H2,1-2H3. The largest absolute Gasteiger partial charge is 0.314 e. The molecule has 0 aromatic rings. The van der Waals surface area contributed by atoms with Gasteiger partial charge in [0.05, 0.1) is 0 Å². The van der Waals surface area contributed by atoms with Gasteiger partial charge in [-0.1, -0.05) is 179 Å². The Balaban J connectivity index is 1.34. The van der Waals surface area contributed by atoms with Gasteiger partial charge in [0.15, 0.2) is 0 Å². The van der Waals surface area contributed by atoms with Gasteiger partial charge in [0, 0.05) is 77.0 Å². The quantitative estimate of drug-likeness (QED) is 0.0317. The molecule has 0 radical (unpaired) electrons. The number of unbranched alkanes of at least 4 members (excludes halogenated alkanes) is 26. The number of carbonyl (C=O) groups is 4. The minimum absolute atomic E-state index is 0.0185. The highest BCUT2D eigenvalue weighted by Gasteiger charge is 2.38. The topological polar surface area (TPSA) is 111 Å². The van der Waals surface area contributed by atoms with Crippen molar-refractivity contribution in [3.8, 4) is 0 Å². The van der Waals surface area contributed by atoms with Crippen molar-refractivity contribution in [3.63, 3.8) is 0 Å². The molecule has 9 nitrogen and oxygen atoms in total. The van der Waals surface area contributed by atoms with Gasteiger partial charge in [-0.25, -0.2) is 0 Å². The number of rotatable bonds is 46. The van der Waals surface area contributed by atoms with Gasteiger partial charge in [0.2, 0.25) is 23.6 Å². The summed E-state index contributed by atoms with van der Waals surface area (Å²) >= 11 is 0. The minimum Gasteiger partial charge on any atom is -0.314 e. The summed E-state index contributed by atoms with van der Waals surface area (Å²) in [6.45, 7) is 9.71. The first kappa shape index (κ1) is 56.8. The number of carbonyl (C=O) groups excluding carboxylic acids is 4. The van der Waals surface area contributed by atoms with E-state index in [9.17, 15) is 19.2 Å². The zero-order valence-corrected chi connectivity index (χ0v) is 41.2. The predicted octanol–water partition coefficient (Wildman–Crippen LogP) is 12.1. The van der Waals surface area contributed by atoms with Crippen LogP contribution in [-0.2, 0) is 19.2 Å². The van der Waals surface area contributed by atoms with E-state index < -0.39 is 0 Å². The van der Waals surface area contributed by atoms with Crippen LogP contribution in [0.3, 0.4) is 0 Å².